The first-order valence-electron chi connectivity index (χ1n) is 8.68. The summed E-state index contributed by atoms with van der Waals surface area (Å²) in [5.41, 5.74) is 4.04. The van der Waals surface area contributed by atoms with E-state index in [0.29, 0.717) is 6.54 Å². The maximum absolute atomic E-state index is 10.8. The summed E-state index contributed by atoms with van der Waals surface area (Å²) in [6.07, 6.45) is 2.86. The van der Waals surface area contributed by atoms with Gasteiger partial charge in [0.15, 0.2) is 0 Å². The Balaban J connectivity index is 1.63. The first-order chi connectivity index (χ1) is 13.1. The molecule has 0 radical (unpaired) electrons. The van der Waals surface area contributed by atoms with Crippen LogP contribution in [0.15, 0.2) is 54.7 Å². The highest BCUT2D eigenvalue weighted by Crippen LogP contribution is 2.24. The lowest BCUT2D eigenvalue weighted by Gasteiger charge is -2.07. The van der Waals surface area contributed by atoms with E-state index in [1.165, 1.54) is 17.7 Å². The average Bonchev–Trinajstić information content (AvgIpc) is 3.06. The molecule has 3 aromatic rings. The molecular weight excluding hydrogens is 344 g/mol. The number of hydrogen-bond acceptors (Lipinski definition) is 5. The maximum Gasteiger partial charge on any atom is 0.269 e. The predicted octanol–water partition coefficient (Wildman–Crippen LogP) is 3.34. The SMILES string of the molecule is COc1cccc(CCNCc2cn(C)nc2-c2ccc([N+](=O)[O-])cc2)c1. The third-order valence-electron chi connectivity index (χ3n) is 4.30. The molecule has 7 heteroatoms. The fraction of sp³-hybridized carbons (Fsp3) is 0.250. The third kappa shape index (κ3) is 4.71. The van der Waals surface area contributed by atoms with Crippen LogP contribution in [0.4, 0.5) is 5.69 Å². The van der Waals surface area contributed by atoms with Crippen LogP contribution < -0.4 is 10.1 Å². The van der Waals surface area contributed by atoms with Gasteiger partial charge in [0.25, 0.3) is 5.69 Å². The Hall–Kier alpha value is -3.19. The number of rotatable bonds is 8. The Morgan fingerprint density at radius 3 is 2.70 bits per heavy atom. The average molecular weight is 366 g/mol. The molecule has 0 unspecified atom stereocenters. The van der Waals surface area contributed by atoms with E-state index in [-0.39, 0.29) is 5.69 Å². The number of nitrogens with one attached hydrogen (secondary N) is 1. The standard InChI is InChI=1S/C20H22N4O3/c1-23-14-17(13-21-11-10-15-4-3-5-19(12-15)27-2)20(22-23)16-6-8-18(9-7-16)24(25)26/h3-9,12,14,21H,10-11,13H2,1-2H3. The van der Waals surface area contributed by atoms with Crippen molar-refractivity contribution in [2.75, 3.05) is 13.7 Å². The minimum Gasteiger partial charge on any atom is -0.497 e. The summed E-state index contributed by atoms with van der Waals surface area (Å²) in [6.45, 7) is 1.49. The van der Waals surface area contributed by atoms with Gasteiger partial charge in [-0.1, -0.05) is 12.1 Å². The molecule has 0 saturated carbocycles. The number of non-ortho nitro benzene ring substituents is 1. The van der Waals surface area contributed by atoms with Crippen LogP contribution in [0.5, 0.6) is 5.75 Å². The second kappa shape index (κ2) is 8.46. The van der Waals surface area contributed by atoms with Crippen molar-refractivity contribution in [1.82, 2.24) is 15.1 Å². The van der Waals surface area contributed by atoms with Crippen molar-refractivity contribution in [2.45, 2.75) is 13.0 Å². The number of nitro groups is 1. The zero-order valence-corrected chi connectivity index (χ0v) is 15.4. The van der Waals surface area contributed by atoms with Gasteiger partial charge in [0.1, 0.15) is 5.75 Å². The second-order valence-corrected chi connectivity index (χ2v) is 6.26. The Bertz CT molecular complexity index is 919. The number of nitrogens with zero attached hydrogens (tertiary/aromatic N) is 3. The largest absolute Gasteiger partial charge is 0.497 e. The molecule has 140 valence electrons. The molecule has 0 fully saturated rings. The van der Waals surface area contributed by atoms with Crippen LogP contribution in [-0.2, 0) is 20.0 Å². The fourth-order valence-electron chi connectivity index (χ4n) is 2.93. The van der Waals surface area contributed by atoms with E-state index < -0.39 is 4.92 Å². The van der Waals surface area contributed by atoms with Crippen LogP contribution >= 0.6 is 0 Å². The highest BCUT2D eigenvalue weighted by atomic mass is 16.6. The highest BCUT2D eigenvalue weighted by Gasteiger charge is 2.12. The van der Waals surface area contributed by atoms with Crippen molar-refractivity contribution in [1.29, 1.82) is 0 Å². The Morgan fingerprint density at radius 2 is 2.00 bits per heavy atom. The number of aryl methyl sites for hydroxylation is 1. The van der Waals surface area contributed by atoms with E-state index in [1.807, 2.05) is 31.4 Å². The zero-order valence-electron chi connectivity index (χ0n) is 15.4. The molecule has 0 spiro atoms. The minimum absolute atomic E-state index is 0.0765. The quantitative estimate of drug-likeness (QED) is 0.376. The molecule has 1 aromatic heterocycles. The molecule has 0 bridgehead atoms. The molecule has 27 heavy (non-hydrogen) atoms. The van der Waals surface area contributed by atoms with Crippen molar-refractivity contribution in [3.63, 3.8) is 0 Å². The summed E-state index contributed by atoms with van der Waals surface area (Å²) >= 11 is 0. The van der Waals surface area contributed by atoms with Crippen LogP contribution in [0, 0.1) is 10.1 Å². The van der Waals surface area contributed by atoms with E-state index >= 15 is 0 Å². The molecule has 2 aromatic carbocycles. The molecule has 0 aliphatic rings. The molecule has 0 saturated heterocycles. The highest BCUT2D eigenvalue weighted by molar-refractivity contribution is 5.64. The second-order valence-electron chi connectivity index (χ2n) is 6.26. The van der Waals surface area contributed by atoms with Crippen LogP contribution in [0.3, 0.4) is 0 Å². The van der Waals surface area contributed by atoms with E-state index in [9.17, 15) is 10.1 Å². The van der Waals surface area contributed by atoms with Gasteiger partial charge in [0, 0.05) is 43.0 Å². The number of benzene rings is 2. The molecule has 1 N–H and O–H groups in total. The molecule has 3 rings (SSSR count). The van der Waals surface area contributed by atoms with Crippen molar-refractivity contribution in [2.24, 2.45) is 7.05 Å². The molecule has 0 aliphatic carbocycles. The summed E-state index contributed by atoms with van der Waals surface area (Å²) in [4.78, 5) is 10.4. The number of hydrogen-bond donors (Lipinski definition) is 1. The van der Waals surface area contributed by atoms with E-state index in [2.05, 4.69) is 16.5 Å². The Labute approximate surface area is 157 Å². The van der Waals surface area contributed by atoms with E-state index in [4.69, 9.17) is 4.74 Å². The van der Waals surface area contributed by atoms with Gasteiger partial charge >= 0.3 is 0 Å². The molecule has 7 nitrogen and oxygen atoms in total. The van der Waals surface area contributed by atoms with E-state index in [1.54, 1.807) is 23.9 Å². The number of methoxy groups -OCH3 is 1. The van der Waals surface area contributed by atoms with Gasteiger partial charge in [-0.25, -0.2) is 0 Å². The lowest BCUT2D eigenvalue weighted by molar-refractivity contribution is -0.384. The lowest BCUT2D eigenvalue weighted by atomic mass is 10.1. The predicted molar refractivity (Wildman–Crippen MR) is 104 cm³/mol. The summed E-state index contributed by atoms with van der Waals surface area (Å²) in [7, 11) is 3.54. The first-order valence-corrected chi connectivity index (χ1v) is 8.68. The normalized spacial score (nSPS) is 10.7. The minimum atomic E-state index is -0.400. The summed E-state index contributed by atoms with van der Waals surface area (Å²) in [6, 6.07) is 14.5. The number of ether oxygens (including phenoxy) is 1. The summed E-state index contributed by atoms with van der Waals surface area (Å²) in [5, 5.41) is 18.8. The maximum atomic E-state index is 10.8. The van der Waals surface area contributed by atoms with Crippen LogP contribution in [0.1, 0.15) is 11.1 Å². The molecule has 0 atom stereocenters. The molecule has 1 heterocycles. The van der Waals surface area contributed by atoms with Crippen LogP contribution in [0.25, 0.3) is 11.3 Å². The van der Waals surface area contributed by atoms with Gasteiger partial charge in [-0.2, -0.15) is 5.10 Å². The monoisotopic (exact) mass is 366 g/mol. The summed E-state index contributed by atoms with van der Waals surface area (Å²) in [5.74, 6) is 0.861. The van der Waals surface area contributed by atoms with Crippen molar-refractivity contribution < 1.29 is 9.66 Å². The van der Waals surface area contributed by atoms with Crippen molar-refractivity contribution in [3.05, 3.63) is 76.0 Å². The van der Waals surface area contributed by atoms with Gasteiger partial charge in [0.05, 0.1) is 17.7 Å². The van der Waals surface area contributed by atoms with Gasteiger partial charge < -0.3 is 10.1 Å². The van der Waals surface area contributed by atoms with Crippen LogP contribution in [-0.4, -0.2) is 28.4 Å². The third-order valence-corrected chi connectivity index (χ3v) is 4.30. The van der Waals surface area contributed by atoms with Gasteiger partial charge in [0.2, 0.25) is 0 Å². The first kappa shape index (κ1) is 18.6. The fourth-order valence-corrected chi connectivity index (χ4v) is 2.93. The van der Waals surface area contributed by atoms with Crippen molar-refractivity contribution in [3.8, 4) is 17.0 Å². The topological polar surface area (TPSA) is 82.2 Å². The Morgan fingerprint density at radius 1 is 1.22 bits per heavy atom. The van der Waals surface area contributed by atoms with Crippen LogP contribution in [0.2, 0.25) is 0 Å². The van der Waals surface area contributed by atoms with Crippen molar-refractivity contribution >= 4 is 5.69 Å². The molecule has 0 aliphatic heterocycles. The molecular formula is C20H22N4O3. The zero-order chi connectivity index (χ0) is 19.2. The number of aromatic nitrogens is 2. The van der Waals surface area contributed by atoms with Gasteiger partial charge in [-0.3, -0.25) is 14.8 Å². The van der Waals surface area contributed by atoms with Gasteiger partial charge in [-0.15, -0.1) is 0 Å². The van der Waals surface area contributed by atoms with Gasteiger partial charge in [-0.05, 0) is 42.8 Å². The molecule has 0 amide bonds. The Kier molecular flexibility index (Phi) is 5.83. The smallest absolute Gasteiger partial charge is 0.269 e. The number of nitro benzene ring substituents is 1. The lowest BCUT2D eigenvalue weighted by Crippen LogP contribution is -2.16. The summed E-state index contributed by atoms with van der Waals surface area (Å²) < 4.78 is 7.01. The van der Waals surface area contributed by atoms with E-state index in [0.717, 1.165) is 35.5 Å².